The van der Waals surface area contributed by atoms with Gasteiger partial charge in [-0.05, 0) is 46.5 Å². The van der Waals surface area contributed by atoms with Crippen LogP contribution < -0.4 is 4.72 Å². The summed E-state index contributed by atoms with van der Waals surface area (Å²) in [5.41, 5.74) is 2.14. The Morgan fingerprint density at radius 3 is 2.74 bits per heavy atom. The predicted molar refractivity (Wildman–Crippen MR) is 75.4 cm³/mol. The number of aliphatic hydroxyl groups is 1. The first-order valence-electron chi connectivity index (χ1n) is 5.74. The normalized spacial score (nSPS) is 11.7. The van der Waals surface area contributed by atoms with E-state index in [0.717, 1.165) is 5.56 Å². The topological polar surface area (TPSA) is 66.4 Å². The summed E-state index contributed by atoms with van der Waals surface area (Å²) in [4.78, 5) is 0.217. The van der Waals surface area contributed by atoms with Gasteiger partial charge in [0.15, 0.2) is 0 Å². The minimum absolute atomic E-state index is 0.167. The second-order valence-corrected chi connectivity index (χ2v) is 6.67. The average Bonchev–Trinajstić information content (AvgIpc) is 2.90. The van der Waals surface area contributed by atoms with E-state index < -0.39 is 10.0 Å². The molecule has 6 heteroatoms. The van der Waals surface area contributed by atoms with E-state index in [1.807, 2.05) is 16.8 Å². The lowest BCUT2D eigenvalue weighted by molar-refractivity contribution is 0.280. The van der Waals surface area contributed by atoms with Crippen LogP contribution >= 0.6 is 11.3 Å². The van der Waals surface area contributed by atoms with E-state index in [0.29, 0.717) is 11.1 Å². The van der Waals surface area contributed by atoms with Crippen molar-refractivity contribution in [3.05, 3.63) is 51.7 Å². The highest BCUT2D eigenvalue weighted by Gasteiger charge is 2.17. The highest BCUT2D eigenvalue weighted by molar-refractivity contribution is 7.89. The van der Waals surface area contributed by atoms with E-state index >= 15 is 0 Å². The number of benzene rings is 1. The zero-order valence-electron chi connectivity index (χ0n) is 10.5. The second kappa shape index (κ2) is 5.83. The van der Waals surface area contributed by atoms with Crippen molar-refractivity contribution in [3.63, 3.8) is 0 Å². The van der Waals surface area contributed by atoms with E-state index in [1.54, 1.807) is 25.1 Å². The first-order chi connectivity index (χ1) is 9.04. The van der Waals surface area contributed by atoms with Gasteiger partial charge in [-0.15, -0.1) is 0 Å². The molecule has 1 heterocycles. The number of sulfonamides is 1. The van der Waals surface area contributed by atoms with Gasteiger partial charge in [-0.25, -0.2) is 13.1 Å². The molecule has 0 aliphatic carbocycles. The molecule has 0 unspecified atom stereocenters. The van der Waals surface area contributed by atoms with Crippen molar-refractivity contribution in [2.45, 2.75) is 25.0 Å². The molecule has 0 aliphatic heterocycles. The lowest BCUT2D eigenvalue weighted by Gasteiger charge is -2.11. The maximum Gasteiger partial charge on any atom is 0.241 e. The molecule has 2 N–H and O–H groups in total. The number of rotatable bonds is 5. The summed E-state index contributed by atoms with van der Waals surface area (Å²) in [6, 6.07) is 6.78. The quantitative estimate of drug-likeness (QED) is 0.887. The van der Waals surface area contributed by atoms with Crippen molar-refractivity contribution in [2.24, 2.45) is 0 Å². The molecular formula is C13H15NO3S2. The van der Waals surface area contributed by atoms with Crippen LogP contribution in [0.1, 0.15) is 16.7 Å². The summed E-state index contributed by atoms with van der Waals surface area (Å²) in [6.45, 7) is 1.80. The molecule has 4 nitrogen and oxygen atoms in total. The summed E-state index contributed by atoms with van der Waals surface area (Å²) in [5.74, 6) is 0. The zero-order valence-corrected chi connectivity index (χ0v) is 12.1. The fourth-order valence-electron chi connectivity index (χ4n) is 1.77. The van der Waals surface area contributed by atoms with Crippen molar-refractivity contribution in [1.82, 2.24) is 4.72 Å². The molecule has 1 aromatic carbocycles. The standard InChI is InChI=1S/C13H15NO3S2/c1-10-12(8-15)3-2-4-13(10)19(16,17)14-7-11-5-6-18-9-11/h2-6,9,14-15H,7-8H2,1H3. The molecule has 0 amide bonds. The van der Waals surface area contributed by atoms with Crippen LogP contribution in [0, 0.1) is 6.92 Å². The van der Waals surface area contributed by atoms with Crippen molar-refractivity contribution in [2.75, 3.05) is 0 Å². The van der Waals surface area contributed by atoms with Crippen LogP contribution in [-0.4, -0.2) is 13.5 Å². The van der Waals surface area contributed by atoms with E-state index in [9.17, 15) is 13.5 Å². The van der Waals surface area contributed by atoms with Crippen LogP contribution in [0.4, 0.5) is 0 Å². The summed E-state index contributed by atoms with van der Waals surface area (Å²) in [5, 5.41) is 13.0. The minimum atomic E-state index is -3.56. The highest BCUT2D eigenvalue weighted by atomic mass is 32.2. The summed E-state index contributed by atoms with van der Waals surface area (Å²) >= 11 is 1.53. The number of aliphatic hydroxyl groups excluding tert-OH is 1. The maximum atomic E-state index is 12.2. The third-order valence-corrected chi connectivity index (χ3v) is 5.18. The van der Waals surface area contributed by atoms with Crippen molar-refractivity contribution >= 4 is 21.4 Å². The third-order valence-electron chi connectivity index (χ3n) is 2.90. The van der Waals surface area contributed by atoms with Crippen LogP contribution in [0.25, 0.3) is 0 Å². The number of thiophene rings is 1. The monoisotopic (exact) mass is 297 g/mol. The smallest absolute Gasteiger partial charge is 0.241 e. The molecule has 0 saturated heterocycles. The fourth-order valence-corrected chi connectivity index (χ4v) is 3.74. The molecule has 0 saturated carbocycles. The average molecular weight is 297 g/mol. The maximum absolute atomic E-state index is 12.2. The number of hydrogen-bond acceptors (Lipinski definition) is 4. The first kappa shape index (κ1) is 14.2. The molecule has 2 rings (SSSR count). The lowest BCUT2D eigenvalue weighted by atomic mass is 10.1. The number of hydrogen-bond donors (Lipinski definition) is 2. The Bertz CT molecular complexity index is 649. The van der Waals surface area contributed by atoms with Gasteiger partial charge in [0, 0.05) is 6.54 Å². The van der Waals surface area contributed by atoms with Crippen LogP contribution in [0.2, 0.25) is 0 Å². The predicted octanol–water partition coefficient (Wildman–Crippen LogP) is 2.03. The second-order valence-electron chi connectivity index (χ2n) is 4.15. The molecule has 0 atom stereocenters. The Hall–Kier alpha value is -1.21. The van der Waals surface area contributed by atoms with Crippen molar-refractivity contribution in [1.29, 1.82) is 0 Å². The van der Waals surface area contributed by atoms with Gasteiger partial charge in [-0.3, -0.25) is 0 Å². The van der Waals surface area contributed by atoms with Gasteiger partial charge in [-0.1, -0.05) is 12.1 Å². The molecule has 0 spiro atoms. The van der Waals surface area contributed by atoms with Gasteiger partial charge in [0.25, 0.3) is 0 Å². The summed E-state index contributed by atoms with van der Waals surface area (Å²) < 4.78 is 27.0. The van der Waals surface area contributed by atoms with Gasteiger partial charge < -0.3 is 5.11 Å². The molecule has 0 radical (unpaired) electrons. The molecule has 0 fully saturated rings. The molecule has 19 heavy (non-hydrogen) atoms. The van der Waals surface area contributed by atoms with Gasteiger partial charge in [0.05, 0.1) is 11.5 Å². The molecular weight excluding hydrogens is 282 g/mol. The molecule has 2 aromatic rings. The first-order valence-corrected chi connectivity index (χ1v) is 8.17. The van der Waals surface area contributed by atoms with Gasteiger partial charge >= 0.3 is 0 Å². The van der Waals surface area contributed by atoms with Gasteiger partial charge in [0.1, 0.15) is 0 Å². The lowest BCUT2D eigenvalue weighted by Crippen LogP contribution is -2.24. The van der Waals surface area contributed by atoms with Crippen molar-refractivity contribution < 1.29 is 13.5 Å². The van der Waals surface area contributed by atoms with Crippen molar-refractivity contribution in [3.8, 4) is 0 Å². The highest BCUT2D eigenvalue weighted by Crippen LogP contribution is 2.19. The van der Waals surface area contributed by atoms with E-state index in [4.69, 9.17) is 0 Å². The fraction of sp³-hybridized carbons (Fsp3) is 0.231. The van der Waals surface area contributed by atoms with Crippen LogP contribution in [0.5, 0.6) is 0 Å². The Morgan fingerprint density at radius 2 is 2.11 bits per heavy atom. The van der Waals surface area contributed by atoms with Crippen LogP contribution in [-0.2, 0) is 23.2 Å². The summed E-state index contributed by atoms with van der Waals surface area (Å²) in [7, 11) is -3.56. The Labute approximate surface area is 116 Å². The minimum Gasteiger partial charge on any atom is -0.392 e. The Kier molecular flexibility index (Phi) is 4.36. The largest absolute Gasteiger partial charge is 0.392 e. The van der Waals surface area contributed by atoms with Crippen LogP contribution in [0.3, 0.4) is 0 Å². The number of nitrogens with one attached hydrogen (secondary N) is 1. The van der Waals surface area contributed by atoms with E-state index in [1.165, 1.54) is 11.3 Å². The van der Waals surface area contributed by atoms with Gasteiger partial charge in [0.2, 0.25) is 10.0 Å². The Balaban J connectivity index is 2.24. The molecule has 0 bridgehead atoms. The SMILES string of the molecule is Cc1c(CO)cccc1S(=O)(=O)NCc1ccsc1. The van der Waals surface area contributed by atoms with Gasteiger partial charge in [-0.2, -0.15) is 11.3 Å². The third kappa shape index (κ3) is 3.22. The molecule has 102 valence electrons. The zero-order chi connectivity index (χ0) is 13.9. The van der Waals surface area contributed by atoms with E-state index in [-0.39, 0.29) is 18.0 Å². The van der Waals surface area contributed by atoms with Crippen LogP contribution in [0.15, 0.2) is 39.9 Å². The Morgan fingerprint density at radius 1 is 1.32 bits per heavy atom. The molecule has 0 aliphatic rings. The van der Waals surface area contributed by atoms with E-state index in [2.05, 4.69) is 4.72 Å². The molecule has 1 aromatic heterocycles. The summed E-state index contributed by atoms with van der Waals surface area (Å²) in [6.07, 6.45) is 0.